The fourth-order valence-electron chi connectivity index (χ4n) is 1.20. The smallest absolute Gasteiger partial charge is 0.214 e. The lowest BCUT2D eigenvalue weighted by Gasteiger charge is -2.05. The summed E-state index contributed by atoms with van der Waals surface area (Å²) >= 11 is 0. The minimum absolute atomic E-state index is 0.628. The van der Waals surface area contributed by atoms with Gasteiger partial charge >= 0.3 is 0 Å². The summed E-state index contributed by atoms with van der Waals surface area (Å²) in [5.74, 6) is 4.09. The molecular formula is C12H16N2O. The standard InChI is InChI=1S/C12H16N2O/c1-3-4-5-6-10-13-11-8-7-9-12(14-11)15-2/h1,7-9H,4-6,10H2,2H3,(H,13,14). The van der Waals surface area contributed by atoms with Gasteiger partial charge in [0.2, 0.25) is 5.88 Å². The van der Waals surface area contributed by atoms with Gasteiger partial charge in [-0.1, -0.05) is 6.07 Å². The predicted octanol–water partition coefficient (Wildman–Crippen LogP) is 2.31. The average Bonchev–Trinajstić information content (AvgIpc) is 2.29. The molecule has 0 radical (unpaired) electrons. The van der Waals surface area contributed by atoms with E-state index in [1.54, 1.807) is 7.11 Å². The van der Waals surface area contributed by atoms with Crippen LogP contribution in [0.25, 0.3) is 0 Å². The van der Waals surface area contributed by atoms with Gasteiger partial charge in [0.15, 0.2) is 0 Å². The van der Waals surface area contributed by atoms with Gasteiger partial charge in [-0.3, -0.25) is 0 Å². The van der Waals surface area contributed by atoms with Crippen LogP contribution in [-0.4, -0.2) is 18.6 Å². The van der Waals surface area contributed by atoms with E-state index in [-0.39, 0.29) is 0 Å². The van der Waals surface area contributed by atoms with E-state index in [9.17, 15) is 0 Å². The average molecular weight is 204 g/mol. The number of nitrogens with zero attached hydrogens (tertiary/aromatic N) is 1. The number of hydrogen-bond acceptors (Lipinski definition) is 3. The third-order valence-corrected chi connectivity index (χ3v) is 1.99. The molecule has 1 rings (SSSR count). The zero-order chi connectivity index (χ0) is 10.9. The van der Waals surface area contributed by atoms with Crippen molar-refractivity contribution >= 4 is 5.82 Å². The number of ether oxygens (including phenoxy) is 1. The predicted molar refractivity (Wildman–Crippen MR) is 62.0 cm³/mol. The summed E-state index contributed by atoms with van der Waals surface area (Å²) in [4.78, 5) is 4.24. The molecule has 0 bridgehead atoms. The SMILES string of the molecule is C#CCCCCNc1cccc(OC)n1. The van der Waals surface area contributed by atoms with E-state index in [1.807, 2.05) is 18.2 Å². The Morgan fingerprint density at radius 2 is 2.33 bits per heavy atom. The maximum absolute atomic E-state index is 5.16. The van der Waals surface area contributed by atoms with E-state index in [2.05, 4.69) is 16.2 Å². The molecule has 0 spiro atoms. The second-order valence-corrected chi connectivity index (χ2v) is 3.15. The van der Waals surface area contributed by atoms with Gasteiger partial charge in [-0.25, -0.2) is 0 Å². The molecule has 0 saturated heterocycles. The Labute approximate surface area is 90.9 Å². The fraction of sp³-hybridized carbons (Fsp3) is 0.417. The van der Waals surface area contributed by atoms with Crippen molar-refractivity contribution in [3.63, 3.8) is 0 Å². The first-order valence-electron chi connectivity index (χ1n) is 5.05. The van der Waals surface area contributed by atoms with E-state index in [0.717, 1.165) is 31.6 Å². The molecule has 0 aliphatic heterocycles. The lowest BCUT2D eigenvalue weighted by Crippen LogP contribution is -2.03. The summed E-state index contributed by atoms with van der Waals surface area (Å²) in [5, 5.41) is 3.22. The van der Waals surface area contributed by atoms with Crippen molar-refractivity contribution in [3.05, 3.63) is 18.2 Å². The van der Waals surface area contributed by atoms with Gasteiger partial charge in [-0.15, -0.1) is 12.3 Å². The van der Waals surface area contributed by atoms with Gasteiger partial charge in [0.05, 0.1) is 7.11 Å². The van der Waals surface area contributed by atoms with Gasteiger partial charge in [-0.05, 0) is 18.9 Å². The van der Waals surface area contributed by atoms with E-state index in [4.69, 9.17) is 11.2 Å². The summed E-state index contributed by atoms with van der Waals surface area (Å²) in [6, 6.07) is 5.66. The highest BCUT2D eigenvalue weighted by molar-refractivity contribution is 5.36. The van der Waals surface area contributed by atoms with Crippen LogP contribution < -0.4 is 10.1 Å². The number of rotatable bonds is 6. The summed E-state index contributed by atoms with van der Waals surface area (Å²) in [6.45, 7) is 0.891. The zero-order valence-corrected chi connectivity index (χ0v) is 8.99. The van der Waals surface area contributed by atoms with Crippen molar-refractivity contribution in [1.29, 1.82) is 0 Å². The number of hydrogen-bond donors (Lipinski definition) is 1. The third-order valence-electron chi connectivity index (χ3n) is 1.99. The molecule has 1 N–H and O–H groups in total. The van der Waals surface area contributed by atoms with Crippen LogP contribution in [0.15, 0.2) is 18.2 Å². The van der Waals surface area contributed by atoms with Crippen LogP contribution in [0.1, 0.15) is 19.3 Å². The molecule has 0 amide bonds. The topological polar surface area (TPSA) is 34.1 Å². The van der Waals surface area contributed by atoms with Crippen LogP contribution in [0.5, 0.6) is 5.88 Å². The lowest BCUT2D eigenvalue weighted by molar-refractivity contribution is 0.398. The molecule has 3 nitrogen and oxygen atoms in total. The minimum Gasteiger partial charge on any atom is -0.481 e. The van der Waals surface area contributed by atoms with Gasteiger partial charge < -0.3 is 10.1 Å². The minimum atomic E-state index is 0.628. The molecule has 1 aromatic heterocycles. The summed E-state index contributed by atoms with van der Waals surface area (Å²) in [5.41, 5.74) is 0. The highest BCUT2D eigenvalue weighted by Crippen LogP contribution is 2.10. The van der Waals surface area contributed by atoms with E-state index < -0.39 is 0 Å². The second-order valence-electron chi connectivity index (χ2n) is 3.15. The Bertz CT molecular complexity index is 331. The van der Waals surface area contributed by atoms with Crippen molar-refractivity contribution < 1.29 is 4.74 Å². The highest BCUT2D eigenvalue weighted by Gasteiger charge is 1.95. The van der Waals surface area contributed by atoms with Gasteiger partial charge in [-0.2, -0.15) is 4.98 Å². The zero-order valence-electron chi connectivity index (χ0n) is 8.99. The van der Waals surface area contributed by atoms with Crippen LogP contribution in [-0.2, 0) is 0 Å². The van der Waals surface area contributed by atoms with Crippen molar-refractivity contribution in [2.75, 3.05) is 19.0 Å². The van der Waals surface area contributed by atoms with E-state index >= 15 is 0 Å². The quantitative estimate of drug-likeness (QED) is 0.570. The maximum Gasteiger partial charge on any atom is 0.214 e. The number of terminal acetylenes is 1. The number of methoxy groups -OCH3 is 1. The summed E-state index contributed by atoms with van der Waals surface area (Å²) < 4.78 is 5.02. The number of nitrogens with one attached hydrogen (secondary N) is 1. The monoisotopic (exact) mass is 204 g/mol. The third kappa shape index (κ3) is 4.37. The number of pyridine rings is 1. The number of unbranched alkanes of at least 4 members (excludes halogenated alkanes) is 2. The van der Waals surface area contributed by atoms with E-state index in [1.165, 1.54) is 0 Å². The van der Waals surface area contributed by atoms with Crippen molar-refractivity contribution in [2.45, 2.75) is 19.3 Å². The van der Waals surface area contributed by atoms with Gasteiger partial charge in [0.25, 0.3) is 0 Å². The van der Waals surface area contributed by atoms with Gasteiger partial charge in [0, 0.05) is 19.0 Å². The largest absolute Gasteiger partial charge is 0.481 e. The summed E-state index contributed by atoms with van der Waals surface area (Å²) in [6.07, 6.45) is 8.11. The Morgan fingerprint density at radius 3 is 3.07 bits per heavy atom. The summed E-state index contributed by atoms with van der Waals surface area (Å²) in [7, 11) is 1.61. The van der Waals surface area contributed by atoms with Crippen molar-refractivity contribution in [2.24, 2.45) is 0 Å². The molecule has 3 heteroatoms. The normalized spacial score (nSPS) is 9.33. The van der Waals surface area contributed by atoms with Crippen LogP contribution >= 0.6 is 0 Å². The Hall–Kier alpha value is -1.69. The maximum atomic E-state index is 5.16. The van der Waals surface area contributed by atoms with Crippen molar-refractivity contribution in [1.82, 2.24) is 4.98 Å². The first-order valence-corrected chi connectivity index (χ1v) is 5.05. The molecule has 0 aliphatic rings. The van der Waals surface area contributed by atoms with Crippen LogP contribution in [0.3, 0.4) is 0 Å². The molecule has 1 aromatic rings. The second kappa shape index (κ2) is 6.72. The lowest BCUT2D eigenvalue weighted by atomic mass is 10.2. The fourth-order valence-corrected chi connectivity index (χ4v) is 1.20. The van der Waals surface area contributed by atoms with Crippen LogP contribution in [0, 0.1) is 12.3 Å². The molecule has 80 valence electrons. The first kappa shape index (κ1) is 11.4. The molecule has 0 aliphatic carbocycles. The molecular weight excluding hydrogens is 188 g/mol. The van der Waals surface area contributed by atoms with Crippen LogP contribution in [0.4, 0.5) is 5.82 Å². The molecule has 0 saturated carbocycles. The molecule has 1 heterocycles. The molecule has 15 heavy (non-hydrogen) atoms. The molecule has 0 aromatic carbocycles. The van der Waals surface area contributed by atoms with Crippen LogP contribution in [0.2, 0.25) is 0 Å². The highest BCUT2D eigenvalue weighted by atomic mass is 16.5. The Balaban J connectivity index is 2.28. The van der Waals surface area contributed by atoms with Crippen molar-refractivity contribution in [3.8, 4) is 18.2 Å². The Kier molecular flexibility index (Phi) is 5.10. The Morgan fingerprint density at radius 1 is 1.47 bits per heavy atom. The molecule has 0 fully saturated rings. The van der Waals surface area contributed by atoms with E-state index in [0.29, 0.717) is 5.88 Å². The molecule has 0 atom stereocenters. The first-order chi connectivity index (χ1) is 7.36. The number of anilines is 1. The van der Waals surface area contributed by atoms with Gasteiger partial charge in [0.1, 0.15) is 5.82 Å². The number of aromatic nitrogens is 1. The molecule has 0 unspecified atom stereocenters.